The number of halogens is 1. The van der Waals surface area contributed by atoms with Crippen LogP contribution in [-0.4, -0.2) is 30.8 Å². The summed E-state index contributed by atoms with van der Waals surface area (Å²) < 4.78 is 16.5. The van der Waals surface area contributed by atoms with Crippen molar-refractivity contribution in [2.24, 2.45) is 5.10 Å². The van der Waals surface area contributed by atoms with E-state index in [-0.39, 0.29) is 18.9 Å². The minimum Gasteiger partial charge on any atom is -0.493 e. The van der Waals surface area contributed by atoms with Crippen LogP contribution in [0.15, 0.2) is 71.8 Å². The molecule has 9 nitrogen and oxygen atoms in total. The van der Waals surface area contributed by atoms with Crippen LogP contribution >= 0.6 is 11.6 Å². The summed E-state index contributed by atoms with van der Waals surface area (Å²) in [6.07, 6.45) is 1.45. The van der Waals surface area contributed by atoms with Crippen molar-refractivity contribution in [2.45, 2.75) is 6.61 Å². The lowest BCUT2D eigenvalue weighted by Crippen LogP contribution is -2.24. The number of nitro benzene ring substituents is 1. The average Bonchev–Trinajstić information content (AvgIpc) is 2.82. The largest absolute Gasteiger partial charge is 0.493 e. The van der Waals surface area contributed by atoms with Gasteiger partial charge in [0.15, 0.2) is 18.1 Å². The van der Waals surface area contributed by atoms with Crippen molar-refractivity contribution in [1.29, 1.82) is 0 Å². The van der Waals surface area contributed by atoms with Crippen molar-refractivity contribution >= 4 is 29.4 Å². The van der Waals surface area contributed by atoms with Crippen LogP contribution in [0.25, 0.3) is 0 Å². The van der Waals surface area contributed by atoms with E-state index in [9.17, 15) is 14.9 Å². The summed E-state index contributed by atoms with van der Waals surface area (Å²) in [7, 11) is 1.50. The molecule has 0 aromatic heterocycles. The lowest BCUT2D eigenvalue weighted by Gasteiger charge is -2.11. The van der Waals surface area contributed by atoms with Crippen molar-refractivity contribution in [3.8, 4) is 17.2 Å². The number of amides is 1. The topological polar surface area (TPSA) is 112 Å². The monoisotopic (exact) mass is 469 g/mol. The first-order valence-corrected chi connectivity index (χ1v) is 10.1. The molecule has 1 N–H and O–H groups in total. The average molecular weight is 470 g/mol. The molecule has 3 aromatic carbocycles. The molecule has 0 bridgehead atoms. The van der Waals surface area contributed by atoms with E-state index < -0.39 is 10.8 Å². The highest BCUT2D eigenvalue weighted by atomic mass is 35.5. The molecule has 33 heavy (non-hydrogen) atoms. The maximum atomic E-state index is 11.9. The number of hydrazone groups is 1. The third kappa shape index (κ3) is 6.94. The standard InChI is InChI=1S/C23H20ClN3O6/c1-31-22-12-17(13-25-26-23(28)15-33-20-5-3-2-4-19(20)24)8-11-21(22)32-14-16-6-9-18(10-7-16)27(29)30/h2-13H,14-15H2,1H3,(H,26,28)/b25-13-. The van der Waals surface area contributed by atoms with Gasteiger partial charge in [-0.05, 0) is 53.6 Å². The number of carbonyl (C=O) groups is 1. The summed E-state index contributed by atoms with van der Waals surface area (Å²) in [5, 5.41) is 15.1. The number of carbonyl (C=O) groups excluding carboxylic acids is 1. The van der Waals surface area contributed by atoms with E-state index >= 15 is 0 Å². The minimum atomic E-state index is -0.456. The molecule has 0 fully saturated rings. The molecule has 0 unspecified atom stereocenters. The number of methoxy groups -OCH3 is 1. The van der Waals surface area contributed by atoms with Crippen molar-refractivity contribution in [2.75, 3.05) is 13.7 Å². The van der Waals surface area contributed by atoms with Crippen molar-refractivity contribution in [3.05, 3.63) is 93.0 Å². The molecular weight excluding hydrogens is 450 g/mol. The second-order valence-electron chi connectivity index (χ2n) is 6.63. The zero-order valence-electron chi connectivity index (χ0n) is 17.6. The van der Waals surface area contributed by atoms with Gasteiger partial charge in [-0.25, -0.2) is 5.43 Å². The first kappa shape index (κ1) is 23.6. The van der Waals surface area contributed by atoms with Crippen molar-refractivity contribution < 1.29 is 23.9 Å². The first-order valence-electron chi connectivity index (χ1n) is 9.69. The molecule has 0 heterocycles. The Bertz CT molecular complexity index is 1150. The van der Waals surface area contributed by atoms with Gasteiger partial charge in [-0.3, -0.25) is 14.9 Å². The summed E-state index contributed by atoms with van der Waals surface area (Å²) in [6, 6.07) is 18.1. The van der Waals surface area contributed by atoms with E-state index in [0.717, 1.165) is 5.56 Å². The molecule has 0 radical (unpaired) electrons. The minimum absolute atomic E-state index is 0.0162. The zero-order valence-corrected chi connectivity index (χ0v) is 18.3. The lowest BCUT2D eigenvalue weighted by atomic mass is 10.2. The number of non-ortho nitro benzene ring substituents is 1. The molecule has 0 aliphatic heterocycles. The van der Waals surface area contributed by atoms with Crippen LogP contribution in [0.5, 0.6) is 17.2 Å². The van der Waals surface area contributed by atoms with Gasteiger partial charge in [0.1, 0.15) is 12.4 Å². The molecule has 0 saturated carbocycles. The maximum absolute atomic E-state index is 11.9. The van der Waals surface area contributed by atoms with Crippen LogP contribution in [0.4, 0.5) is 5.69 Å². The maximum Gasteiger partial charge on any atom is 0.277 e. The Hall–Kier alpha value is -4.11. The fourth-order valence-corrected chi connectivity index (χ4v) is 2.87. The Morgan fingerprint density at radius 1 is 1.06 bits per heavy atom. The van der Waals surface area contributed by atoms with E-state index in [2.05, 4.69) is 10.5 Å². The smallest absolute Gasteiger partial charge is 0.277 e. The number of nitrogens with zero attached hydrogens (tertiary/aromatic N) is 2. The highest BCUT2D eigenvalue weighted by Gasteiger charge is 2.08. The molecule has 3 aromatic rings. The van der Waals surface area contributed by atoms with Gasteiger partial charge >= 0.3 is 0 Å². The molecular formula is C23H20ClN3O6. The summed E-state index contributed by atoms with van der Waals surface area (Å²) in [5.41, 5.74) is 3.83. The van der Waals surface area contributed by atoms with Gasteiger partial charge in [0, 0.05) is 12.1 Å². The quantitative estimate of drug-likeness (QED) is 0.268. The van der Waals surface area contributed by atoms with Crippen molar-refractivity contribution in [3.63, 3.8) is 0 Å². The number of hydrogen-bond donors (Lipinski definition) is 1. The Kier molecular flexibility index (Phi) is 8.20. The lowest BCUT2D eigenvalue weighted by molar-refractivity contribution is -0.384. The Balaban J connectivity index is 1.53. The first-order chi connectivity index (χ1) is 16.0. The molecule has 0 aliphatic carbocycles. The van der Waals surface area contributed by atoms with Gasteiger partial charge in [0.25, 0.3) is 11.6 Å². The molecule has 0 saturated heterocycles. The van der Waals surface area contributed by atoms with E-state index in [1.807, 2.05) is 0 Å². The fourth-order valence-electron chi connectivity index (χ4n) is 2.67. The number of benzene rings is 3. The summed E-state index contributed by atoms with van der Waals surface area (Å²) in [5.74, 6) is 0.924. The molecule has 0 atom stereocenters. The molecule has 0 spiro atoms. The van der Waals surface area contributed by atoms with Gasteiger partial charge in [0.2, 0.25) is 0 Å². The van der Waals surface area contributed by atoms with E-state index in [4.69, 9.17) is 25.8 Å². The molecule has 1 amide bonds. The summed E-state index contributed by atoms with van der Waals surface area (Å²) in [4.78, 5) is 22.2. The summed E-state index contributed by atoms with van der Waals surface area (Å²) >= 11 is 5.98. The van der Waals surface area contributed by atoms with Crippen LogP contribution in [0.2, 0.25) is 5.02 Å². The van der Waals surface area contributed by atoms with E-state index in [1.165, 1.54) is 25.5 Å². The zero-order chi connectivity index (χ0) is 23.6. The van der Waals surface area contributed by atoms with Crippen LogP contribution in [0, 0.1) is 10.1 Å². The highest BCUT2D eigenvalue weighted by Crippen LogP contribution is 2.28. The fraction of sp³-hybridized carbons (Fsp3) is 0.130. The third-order valence-electron chi connectivity index (χ3n) is 4.33. The second-order valence-corrected chi connectivity index (χ2v) is 7.04. The number of hydrogen-bond acceptors (Lipinski definition) is 7. The summed E-state index contributed by atoms with van der Waals surface area (Å²) in [6.45, 7) is -0.0247. The van der Waals surface area contributed by atoms with Crippen molar-refractivity contribution in [1.82, 2.24) is 5.43 Å². The molecule has 170 valence electrons. The SMILES string of the molecule is COc1cc(/C=N\NC(=O)COc2ccccc2Cl)ccc1OCc1ccc([N+](=O)[O-])cc1. The predicted octanol–water partition coefficient (Wildman–Crippen LogP) is 4.36. The van der Waals surface area contributed by atoms with Gasteiger partial charge in [-0.15, -0.1) is 0 Å². The van der Waals surface area contributed by atoms with Gasteiger partial charge in [0.05, 0.1) is 23.3 Å². The van der Waals surface area contributed by atoms with Crippen LogP contribution in [-0.2, 0) is 11.4 Å². The number of para-hydroxylation sites is 1. The molecule has 10 heteroatoms. The highest BCUT2D eigenvalue weighted by molar-refractivity contribution is 6.32. The van der Waals surface area contributed by atoms with Gasteiger partial charge in [-0.2, -0.15) is 5.10 Å². The number of nitrogens with one attached hydrogen (secondary N) is 1. The number of nitro groups is 1. The Morgan fingerprint density at radius 3 is 2.52 bits per heavy atom. The van der Waals surface area contributed by atoms with Gasteiger partial charge in [-0.1, -0.05) is 23.7 Å². The van der Waals surface area contributed by atoms with Crippen LogP contribution < -0.4 is 19.6 Å². The van der Waals surface area contributed by atoms with Gasteiger partial charge < -0.3 is 14.2 Å². The van der Waals surface area contributed by atoms with E-state index in [0.29, 0.717) is 27.8 Å². The molecule has 0 aliphatic rings. The normalized spacial score (nSPS) is 10.6. The van der Waals surface area contributed by atoms with E-state index in [1.54, 1.807) is 54.6 Å². The number of rotatable bonds is 10. The predicted molar refractivity (Wildman–Crippen MR) is 123 cm³/mol. The van der Waals surface area contributed by atoms with Crippen LogP contribution in [0.1, 0.15) is 11.1 Å². The number of ether oxygens (including phenoxy) is 3. The molecule has 3 rings (SSSR count). The Labute approximate surface area is 194 Å². The second kappa shape index (κ2) is 11.5. The Morgan fingerprint density at radius 2 is 1.82 bits per heavy atom. The van der Waals surface area contributed by atoms with Crippen LogP contribution in [0.3, 0.4) is 0 Å². The third-order valence-corrected chi connectivity index (χ3v) is 4.64.